The smallest absolute Gasteiger partial charge is 0.132 e. The molecule has 3 N–H and O–H groups in total. The van der Waals surface area contributed by atoms with Crippen molar-refractivity contribution in [2.45, 2.75) is 0 Å². The summed E-state index contributed by atoms with van der Waals surface area (Å²) < 4.78 is 0. The van der Waals surface area contributed by atoms with E-state index in [2.05, 4.69) is 5.11 Å². The molecule has 0 bridgehead atoms. The first-order valence-electron chi connectivity index (χ1n) is 1.12. The molecule has 0 aliphatic heterocycles. The first kappa shape index (κ1) is 4.52. The van der Waals surface area contributed by atoms with E-state index < -0.39 is 0 Å². The molecular weight excluding hydrogens is 70.0 g/mol. The molecule has 0 aromatic carbocycles. The van der Waals surface area contributed by atoms with Gasteiger partial charge in [-0.1, -0.05) is 0 Å². The van der Waals surface area contributed by atoms with Crippen molar-refractivity contribution in [1.29, 1.82) is 5.53 Å². The molecule has 4 heteroatoms. The van der Waals surface area contributed by atoms with Crippen LogP contribution >= 0.6 is 0 Å². The van der Waals surface area contributed by atoms with Crippen LogP contribution in [0.4, 0.5) is 0 Å². The average molecular weight is 75.1 g/mol. The zero-order valence-electron chi connectivity index (χ0n) is 2.60. The van der Waals surface area contributed by atoms with Gasteiger partial charge in [0.2, 0.25) is 0 Å². The molecule has 0 atom stereocenters. The molecule has 0 amide bonds. The molecule has 30 valence electrons. The van der Waals surface area contributed by atoms with Crippen LogP contribution < -0.4 is 5.48 Å². The normalized spacial score (nSPS) is 7.40. The third kappa shape index (κ3) is 3.52. The summed E-state index contributed by atoms with van der Waals surface area (Å²) in [5.41, 5.74) is 7.67. The first-order chi connectivity index (χ1) is 2.41. The molecule has 0 unspecified atom stereocenters. The molecule has 0 saturated heterocycles. The number of nitrogens with one attached hydrogen (secondary N) is 2. The molecule has 5 heavy (non-hydrogen) atoms. The van der Waals surface area contributed by atoms with E-state index in [9.17, 15) is 0 Å². The Morgan fingerprint density at radius 1 is 2.00 bits per heavy atom. The predicted octanol–water partition coefficient (Wildman–Crippen LogP) is -0.0463. The third-order valence-corrected chi connectivity index (χ3v) is 0.150. The number of hydroxylamine groups is 1. The summed E-state index contributed by atoms with van der Waals surface area (Å²) in [6.45, 7) is -0.0139. The molecule has 0 radical (unpaired) electrons. The van der Waals surface area contributed by atoms with Crippen LogP contribution in [-0.2, 0) is 0 Å². The van der Waals surface area contributed by atoms with Gasteiger partial charge in [-0.25, -0.2) is 5.53 Å². The lowest BCUT2D eigenvalue weighted by Gasteiger charge is -1.77. The summed E-state index contributed by atoms with van der Waals surface area (Å²) in [5, 5.41) is 10.3. The Kier molecular flexibility index (Phi) is 3.18. The van der Waals surface area contributed by atoms with Crippen LogP contribution in [0.5, 0.6) is 0 Å². The summed E-state index contributed by atoms with van der Waals surface area (Å²) in [5.74, 6) is 0. The lowest BCUT2D eigenvalue weighted by atomic mass is 11.2. The van der Waals surface area contributed by atoms with E-state index in [1.165, 1.54) is 0 Å². The van der Waals surface area contributed by atoms with E-state index in [1.54, 1.807) is 5.48 Å². The van der Waals surface area contributed by atoms with Gasteiger partial charge in [-0.05, 0) is 0 Å². The van der Waals surface area contributed by atoms with Gasteiger partial charge >= 0.3 is 0 Å². The molecule has 0 aliphatic rings. The van der Waals surface area contributed by atoms with Gasteiger partial charge in [0, 0.05) is 0 Å². The van der Waals surface area contributed by atoms with Crippen LogP contribution in [0.15, 0.2) is 5.11 Å². The van der Waals surface area contributed by atoms with Crippen molar-refractivity contribution in [3.05, 3.63) is 0 Å². The Morgan fingerprint density at radius 2 is 2.60 bits per heavy atom. The molecule has 0 rings (SSSR count). The minimum Gasteiger partial charge on any atom is -0.315 e. The van der Waals surface area contributed by atoms with Crippen molar-refractivity contribution in [3.63, 3.8) is 0 Å². The Bertz CT molecular complexity index is 28.1. The number of rotatable bonds is 2. The monoisotopic (exact) mass is 75.0 g/mol. The van der Waals surface area contributed by atoms with Crippen molar-refractivity contribution in [2.75, 3.05) is 6.67 Å². The Balaban J connectivity index is 2.40. The van der Waals surface area contributed by atoms with Gasteiger partial charge in [0.25, 0.3) is 0 Å². The maximum absolute atomic E-state index is 7.60. The zero-order valence-corrected chi connectivity index (χ0v) is 2.60. The standard InChI is InChI=1S/CH5N3O/c2-3-1-4-5/h2,4-5H,1H2. The fourth-order valence-corrected chi connectivity index (χ4v) is 0.0354. The lowest BCUT2D eigenvalue weighted by Crippen LogP contribution is -2.03. The first-order valence-corrected chi connectivity index (χ1v) is 1.12. The molecule has 0 aromatic heterocycles. The molecule has 0 aromatic rings. The van der Waals surface area contributed by atoms with Crippen molar-refractivity contribution >= 4 is 0 Å². The summed E-state index contributed by atoms with van der Waals surface area (Å²) in [7, 11) is 0. The van der Waals surface area contributed by atoms with E-state index in [0.29, 0.717) is 0 Å². The van der Waals surface area contributed by atoms with E-state index >= 15 is 0 Å². The molecule has 0 heterocycles. The van der Waals surface area contributed by atoms with Gasteiger partial charge in [-0.15, -0.1) is 0 Å². The summed E-state index contributed by atoms with van der Waals surface area (Å²) in [4.78, 5) is 0. The van der Waals surface area contributed by atoms with Gasteiger partial charge in [-0.2, -0.15) is 10.6 Å². The fourth-order valence-electron chi connectivity index (χ4n) is 0.0354. The Morgan fingerprint density at radius 3 is 2.60 bits per heavy atom. The largest absolute Gasteiger partial charge is 0.315 e. The highest BCUT2D eigenvalue weighted by atomic mass is 16.5. The lowest BCUT2D eigenvalue weighted by molar-refractivity contribution is 0.168. The second kappa shape index (κ2) is 3.52. The molecular formula is CH5N3O. The summed E-state index contributed by atoms with van der Waals surface area (Å²) in [6.07, 6.45) is 0. The molecule has 0 fully saturated rings. The van der Waals surface area contributed by atoms with Crippen molar-refractivity contribution in [2.24, 2.45) is 5.11 Å². The summed E-state index contributed by atoms with van der Waals surface area (Å²) >= 11 is 0. The van der Waals surface area contributed by atoms with Gasteiger partial charge in [0.05, 0.1) is 0 Å². The van der Waals surface area contributed by atoms with Gasteiger partial charge in [0.1, 0.15) is 6.67 Å². The highest BCUT2D eigenvalue weighted by Gasteiger charge is 1.60. The Hall–Kier alpha value is -0.480. The highest BCUT2D eigenvalue weighted by molar-refractivity contribution is 4.08. The molecule has 4 nitrogen and oxygen atoms in total. The molecule has 0 aliphatic carbocycles. The van der Waals surface area contributed by atoms with Crippen LogP contribution in [0.25, 0.3) is 0 Å². The van der Waals surface area contributed by atoms with Crippen molar-refractivity contribution in [3.8, 4) is 0 Å². The minimum atomic E-state index is -0.0139. The quantitative estimate of drug-likeness (QED) is 0.318. The van der Waals surface area contributed by atoms with Crippen molar-refractivity contribution < 1.29 is 5.21 Å². The van der Waals surface area contributed by atoms with E-state index in [-0.39, 0.29) is 6.67 Å². The van der Waals surface area contributed by atoms with Crippen molar-refractivity contribution in [1.82, 2.24) is 5.48 Å². The summed E-state index contributed by atoms with van der Waals surface area (Å²) in [6, 6.07) is 0. The number of hydrogen-bond acceptors (Lipinski definition) is 4. The topological polar surface area (TPSA) is 68.5 Å². The second-order valence-electron chi connectivity index (χ2n) is 0.474. The number of nitrogens with zero attached hydrogens (tertiary/aromatic N) is 1. The maximum Gasteiger partial charge on any atom is 0.132 e. The Labute approximate surface area is 29.3 Å². The molecule has 0 saturated carbocycles. The zero-order chi connectivity index (χ0) is 4.12. The van der Waals surface area contributed by atoms with E-state index in [0.717, 1.165) is 0 Å². The van der Waals surface area contributed by atoms with Crippen LogP contribution in [0.3, 0.4) is 0 Å². The SMILES string of the molecule is N=NCNO. The van der Waals surface area contributed by atoms with Gasteiger partial charge in [0.15, 0.2) is 0 Å². The maximum atomic E-state index is 7.60. The van der Waals surface area contributed by atoms with Crippen LogP contribution in [0.2, 0.25) is 0 Å². The van der Waals surface area contributed by atoms with Crippen LogP contribution in [-0.4, -0.2) is 11.9 Å². The number of hydrogen-bond donors (Lipinski definition) is 3. The second-order valence-corrected chi connectivity index (χ2v) is 0.474. The minimum absolute atomic E-state index is 0.0139. The van der Waals surface area contributed by atoms with Gasteiger partial charge < -0.3 is 5.21 Å². The van der Waals surface area contributed by atoms with E-state index in [1.807, 2.05) is 0 Å². The highest BCUT2D eigenvalue weighted by Crippen LogP contribution is 1.48. The molecule has 0 spiro atoms. The average Bonchev–Trinajstić information content (AvgIpc) is 1.41. The fraction of sp³-hybridized carbons (Fsp3) is 1.00. The predicted molar refractivity (Wildman–Crippen MR) is 14.9 cm³/mol. The van der Waals surface area contributed by atoms with Crippen LogP contribution in [0.1, 0.15) is 0 Å². The van der Waals surface area contributed by atoms with Crippen LogP contribution in [0, 0.1) is 5.53 Å². The third-order valence-electron chi connectivity index (χ3n) is 0.150. The van der Waals surface area contributed by atoms with E-state index in [4.69, 9.17) is 10.7 Å². The van der Waals surface area contributed by atoms with Gasteiger partial charge in [-0.3, -0.25) is 0 Å².